The van der Waals surface area contributed by atoms with Gasteiger partial charge in [-0.3, -0.25) is 4.57 Å². The Hall–Kier alpha value is -0.0500. The van der Waals surface area contributed by atoms with Gasteiger partial charge >= 0.3 is 7.60 Å². The molecule has 0 saturated heterocycles. The lowest BCUT2D eigenvalue weighted by Crippen LogP contribution is -2.15. The fourth-order valence-corrected chi connectivity index (χ4v) is 3.92. The molecule has 0 aliphatic heterocycles. The first-order valence-electron chi connectivity index (χ1n) is 6.11. The summed E-state index contributed by atoms with van der Waals surface area (Å²) >= 11 is 11.4. The molecule has 0 N–H and O–H groups in total. The number of alkyl halides is 2. The van der Waals surface area contributed by atoms with Gasteiger partial charge < -0.3 is 9.05 Å². The van der Waals surface area contributed by atoms with Crippen molar-refractivity contribution in [2.75, 3.05) is 11.8 Å². The molecule has 0 aromatic heterocycles. The maximum atomic E-state index is 12.8. The smallest absolute Gasteiger partial charge is 0.304 e. The molecule has 0 fully saturated rings. The van der Waals surface area contributed by atoms with Gasteiger partial charge in [-0.2, -0.15) is 0 Å². The van der Waals surface area contributed by atoms with E-state index in [0.29, 0.717) is 0 Å². The summed E-state index contributed by atoms with van der Waals surface area (Å²) in [4.78, 5) is 0. The first-order valence-corrected chi connectivity index (χ1v) is 8.90. The van der Waals surface area contributed by atoms with Crippen molar-refractivity contribution in [1.82, 2.24) is 0 Å². The monoisotopic (exact) mass is 324 g/mol. The van der Waals surface area contributed by atoms with Crippen molar-refractivity contribution >= 4 is 30.8 Å². The van der Waals surface area contributed by atoms with Crippen LogP contribution in [0, 0.1) is 0 Å². The van der Waals surface area contributed by atoms with Crippen LogP contribution in [-0.2, 0) is 19.8 Å². The normalized spacial score (nSPS) is 17.7. The summed E-state index contributed by atoms with van der Waals surface area (Å²) in [6, 6.07) is 9.44. The fourth-order valence-electron chi connectivity index (χ4n) is 1.51. The SMILES string of the molecule is CC(CCl)OP(=O)(Cc1ccccc1)OC(C)CCl. The van der Waals surface area contributed by atoms with Crippen LogP contribution in [0.25, 0.3) is 0 Å². The standard InChI is InChI=1S/C13H19Cl2O3P/c1-11(8-14)17-19(16,18-12(2)9-15)10-13-6-4-3-5-7-13/h3-7,11-12H,8-10H2,1-2H3. The van der Waals surface area contributed by atoms with Crippen LogP contribution in [0.15, 0.2) is 30.3 Å². The van der Waals surface area contributed by atoms with Crippen molar-refractivity contribution in [1.29, 1.82) is 0 Å². The summed E-state index contributed by atoms with van der Waals surface area (Å²) in [5.74, 6) is 0.523. The van der Waals surface area contributed by atoms with Crippen LogP contribution in [0.2, 0.25) is 0 Å². The van der Waals surface area contributed by atoms with Crippen molar-refractivity contribution in [2.24, 2.45) is 0 Å². The van der Waals surface area contributed by atoms with Crippen molar-refractivity contribution in [3.8, 4) is 0 Å². The molecule has 3 nitrogen and oxygen atoms in total. The number of hydrogen-bond acceptors (Lipinski definition) is 3. The van der Waals surface area contributed by atoms with Crippen molar-refractivity contribution in [2.45, 2.75) is 32.2 Å². The van der Waals surface area contributed by atoms with Gasteiger partial charge in [-0.15, -0.1) is 23.2 Å². The van der Waals surface area contributed by atoms with E-state index in [-0.39, 0.29) is 30.1 Å². The molecule has 6 heteroatoms. The third kappa shape index (κ3) is 6.29. The van der Waals surface area contributed by atoms with Crippen LogP contribution in [0.4, 0.5) is 0 Å². The second-order valence-electron chi connectivity index (χ2n) is 4.40. The predicted molar refractivity (Wildman–Crippen MR) is 80.3 cm³/mol. The van der Waals surface area contributed by atoms with E-state index in [1.165, 1.54) is 0 Å². The Kier molecular flexibility index (Phi) is 7.41. The van der Waals surface area contributed by atoms with Crippen molar-refractivity contribution in [3.63, 3.8) is 0 Å². The van der Waals surface area contributed by atoms with Crippen LogP contribution < -0.4 is 0 Å². The average molecular weight is 325 g/mol. The largest absolute Gasteiger partial charge is 0.335 e. The molecule has 0 spiro atoms. The van der Waals surface area contributed by atoms with Crippen LogP contribution in [0.1, 0.15) is 19.4 Å². The minimum absolute atomic E-state index is 0.219. The minimum atomic E-state index is -3.26. The van der Waals surface area contributed by atoms with Gasteiger partial charge in [0.1, 0.15) is 0 Å². The highest BCUT2D eigenvalue weighted by Crippen LogP contribution is 2.53. The zero-order chi connectivity index (χ0) is 14.3. The van der Waals surface area contributed by atoms with Gasteiger partial charge in [-0.1, -0.05) is 30.3 Å². The highest BCUT2D eigenvalue weighted by atomic mass is 35.5. The average Bonchev–Trinajstić information content (AvgIpc) is 2.39. The van der Waals surface area contributed by atoms with Gasteiger partial charge in [0.15, 0.2) is 0 Å². The number of hydrogen-bond donors (Lipinski definition) is 0. The van der Waals surface area contributed by atoms with E-state index >= 15 is 0 Å². The summed E-state index contributed by atoms with van der Waals surface area (Å²) in [6.07, 6.45) is -0.450. The molecule has 0 amide bonds. The molecule has 0 aliphatic rings. The van der Waals surface area contributed by atoms with Crippen LogP contribution >= 0.6 is 30.8 Å². The van der Waals surface area contributed by atoms with Crippen LogP contribution in [0.5, 0.6) is 0 Å². The summed E-state index contributed by atoms with van der Waals surface area (Å²) < 4.78 is 23.8. The zero-order valence-corrected chi connectivity index (χ0v) is 13.5. The third-order valence-electron chi connectivity index (χ3n) is 2.33. The minimum Gasteiger partial charge on any atom is -0.304 e. The Bertz CT molecular complexity index is 398. The zero-order valence-electron chi connectivity index (χ0n) is 11.1. The molecule has 2 atom stereocenters. The quantitative estimate of drug-likeness (QED) is 0.515. The first-order chi connectivity index (χ1) is 8.99. The van der Waals surface area contributed by atoms with E-state index in [1.807, 2.05) is 30.3 Å². The molecule has 1 aromatic rings. The van der Waals surface area contributed by atoms with E-state index in [1.54, 1.807) is 13.8 Å². The maximum Gasteiger partial charge on any atom is 0.335 e. The molecule has 19 heavy (non-hydrogen) atoms. The van der Waals surface area contributed by atoms with Gasteiger partial charge in [-0.25, -0.2) is 0 Å². The summed E-state index contributed by atoms with van der Waals surface area (Å²) in [5.41, 5.74) is 0.898. The van der Waals surface area contributed by atoms with E-state index in [9.17, 15) is 4.57 Å². The number of halogens is 2. The second-order valence-corrected chi connectivity index (χ2v) is 6.97. The number of benzene rings is 1. The Morgan fingerprint density at radius 1 is 1.05 bits per heavy atom. The second kappa shape index (κ2) is 8.28. The molecule has 0 saturated carbocycles. The van der Waals surface area contributed by atoms with Crippen molar-refractivity contribution in [3.05, 3.63) is 35.9 Å². The Morgan fingerprint density at radius 3 is 1.95 bits per heavy atom. The molecular formula is C13H19Cl2O3P. The van der Waals surface area contributed by atoms with E-state index < -0.39 is 7.60 Å². The molecule has 0 radical (unpaired) electrons. The lowest BCUT2D eigenvalue weighted by molar-refractivity contribution is 0.144. The molecule has 1 aromatic carbocycles. The lowest BCUT2D eigenvalue weighted by atomic mass is 10.2. The summed E-state index contributed by atoms with van der Waals surface area (Å²) in [6.45, 7) is 3.53. The molecule has 2 unspecified atom stereocenters. The highest BCUT2D eigenvalue weighted by molar-refractivity contribution is 7.53. The van der Waals surface area contributed by atoms with Crippen LogP contribution in [0.3, 0.4) is 0 Å². The van der Waals surface area contributed by atoms with Gasteiger partial charge in [0, 0.05) is 11.8 Å². The Labute approximate surface area is 124 Å². The molecule has 0 heterocycles. The Morgan fingerprint density at radius 2 is 1.53 bits per heavy atom. The predicted octanol–water partition coefficient (Wildman–Crippen LogP) is 4.67. The maximum absolute atomic E-state index is 12.8. The summed E-state index contributed by atoms with van der Waals surface area (Å²) in [7, 11) is -3.26. The third-order valence-corrected chi connectivity index (χ3v) is 5.32. The van der Waals surface area contributed by atoms with Gasteiger partial charge in [0.2, 0.25) is 0 Å². The number of rotatable bonds is 8. The topological polar surface area (TPSA) is 35.5 Å². The highest BCUT2D eigenvalue weighted by Gasteiger charge is 2.29. The fraction of sp³-hybridized carbons (Fsp3) is 0.538. The molecule has 1 rings (SSSR count). The van der Waals surface area contributed by atoms with E-state index in [0.717, 1.165) is 5.56 Å². The van der Waals surface area contributed by atoms with E-state index in [2.05, 4.69) is 0 Å². The van der Waals surface area contributed by atoms with Gasteiger partial charge in [0.25, 0.3) is 0 Å². The van der Waals surface area contributed by atoms with Gasteiger partial charge in [-0.05, 0) is 19.4 Å². The molecule has 0 bridgehead atoms. The Balaban J connectivity index is 2.82. The van der Waals surface area contributed by atoms with E-state index in [4.69, 9.17) is 32.2 Å². The first kappa shape index (κ1) is 17.0. The molecule has 108 valence electrons. The van der Waals surface area contributed by atoms with Gasteiger partial charge in [0.05, 0.1) is 18.4 Å². The molecule has 0 aliphatic carbocycles. The summed E-state index contributed by atoms with van der Waals surface area (Å²) in [5, 5.41) is 0. The lowest BCUT2D eigenvalue weighted by Gasteiger charge is -2.24. The molecular weight excluding hydrogens is 306 g/mol. The van der Waals surface area contributed by atoms with Crippen molar-refractivity contribution < 1.29 is 13.6 Å². The van der Waals surface area contributed by atoms with Crippen LogP contribution in [-0.4, -0.2) is 24.0 Å².